The Kier molecular flexibility index (Phi) is 2.82. The van der Waals surface area contributed by atoms with Crippen molar-refractivity contribution in [1.82, 2.24) is 4.90 Å². The molecule has 19 heavy (non-hydrogen) atoms. The summed E-state index contributed by atoms with van der Waals surface area (Å²) in [5.41, 5.74) is 0.0951. The molecule has 1 amide bonds. The molecule has 0 radical (unpaired) electrons. The summed E-state index contributed by atoms with van der Waals surface area (Å²) in [7, 11) is 0. The summed E-state index contributed by atoms with van der Waals surface area (Å²) in [6.45, 7) is 2.79. The number of ether oxygens (including phenoxy) is 1. The van der Waals surface area contributed by atoms with Crippen molar-refractivity contribution < 1.29 is 23.8 Å². The monoisotopic (exact) mass is 265 g/mol. The average molecular weight is 265 g/mol. The second-order valence-electron chi connectivity index (χ2n) is 5.25. The summed E-state index contributed by atoms with van der Waals surface area (Å²) < 4.78 is 10.5. The maximum Gasteiger partial charge on any atom is 0.371 e. The minimum absolute atomic E-state index is 0.0911. The Labute approximate surface area is 109 Å². The van der Waals surface area contributed by atoms with Crippen LogP contribution in [0.3, 0.4) is 0 Å². The summed E-state index contributed by atoms with van der Waals surface area (Å²) >= 11 is 0. The van der Waals surface area contributed by atoms with Crippen LogP contribution < -0.4 is 0 Å². The van der Waals surface area contributed by atoms with Gasteiger partial charge in [0, 0.05) is 25.1 Å². The van der Waals surface area contributed by atoms with Crippen LogP contribution in [0, 0.1) is 5.41 Å². The molecular weight excluding hydrogens is 250 g/mol. The molecule has 2 aliphatic rings. The fourth-order valence-electron chi connectivity index (χ4n) is 2.80. The third-order valence-electron chi connectivity index (χ3n) is 3.94. The molecular formula is C13H15NO5. The molecule has 0 aromatic carbocycles. The number of hydrogen-bond acceptors (Lipinski definition) is 4. The number of carbonyl (C=O) groups is 2. The zero-order chi connectivity index (χ0) is 13.5. The van der Waals surface area contributed by atoms with Crippen LogP contribution in [-0.2, 0) is 4.74 Å². The first kappa shape index (κ1) is 12.2. The van der Waals surface area contributed by atoms with E-state index >= 15 is 0 Å². The van der Waals surface area contributed by atoms with E-state index in [9.17, 15) is 9.59 Å². The first-order chi connectivity index (χ1) is 9.10. The van der Waals surface area contributed by atoms with Gasteiger partial charge >= 0.3 is 5.97 Å². The number of amides is 1. The van der Waals surface area contributed by atoms with Crippen molar-refractivity contribution in [3.05, 3.63) is 23.7 Å². The van der Waals surface area contributed by atoms with Gasteiger partial charge in [-0.3, -0.25) is 4.79 Å². The van der Waals surface area contributed by atoms with Crippen LogP contribution in [0.2, 0.25) is 0 Å². The molecule has 2 fully saturated rings. The van der Waals surface area contributed by atoms with E-state index in [1.165, 1.54) is 12.1 Å². The highest BCUT2D eigenvalue weighted by Gasteiger charge is 2.43. The smallest absolute Gasteiger partial charge is 0.371 e. The van der Waals surface area contributed by atoms with Crippen LogP contribution in [0.5, 0.6) is 0 Å². The number of furan rings is 1. The Morgan fingerprint density at radius 1 is 1.26 bits per heavy atom. The predicted molar refractivity (Wildman–Crippen MR) is 64.1 cm³/mol. The van der Waals surface area contributed by atoms with Gasteiger partial charge in [0.05, 0.1) is 6.61 Å². The number of carbonyl (C=O) groups excluding carboxylic acids is 1. The van der Waals surface area contributed by atoms with Gasteiger partial charge in [-0.1, -0.05) is 0 Å². The number of rotatable bonds is 2. The number of carboxylic acid groups (broad SMARTS) is 1. The van der Waals surface area contributed by atoms with Gasteiger partial charge in [0.2, 0.25) is 5.76 Å². The lowest BCUT2D eigenvalue weighted by Gasteiger charge is -2.21. The maximum absolute atomic E-state index is 12.2. The second-order valence-corrected chi connectivity index (χ2v) is 5.25. The molecule has 0 saturated carbocycles. The standard InChI is InChI=1S/C13H15NO5/c15-11(9-1-2-10(19-9)12(16)17)14-5-3-13(7-14)4-6-18-8-13/h1-2H,3-8H2,(H,16,17). The van der Waals surface area contributed by atoms with Gasteiger partial charge in [0.15, 0.2) is 5.76 Å². The lowest BCUT2D eigenvalue weighted by Crippen LogP contribution is -2.32. The average Bonchev–Trinajstić information content (AvgIpc) is 3.11. The van der Waals surface area contributed by atoms with Crippen molar-refractivity contribution >= 4 is 11.9 Å². The van der Waals surface area contributed by atoms with Crippen molar-refractivity contribution in [1.29, 1.82) is 0 Å². The van der Waals surface area contributed by atoms with Gasteiger partial charge < -0.3 is 19.2 Å². The number of nitrogens with zero attached hydrogens (tertiary/aromatic N) is 1. The largest absolute Gasteiger partial charge is 0.475 e. The van der Waals surface area contributed by atoms with Crippen molar-refractivity contribution in [2.24, 2.45) is 5.41 Å². The Bertz CT molecular complexity index is 515. The van der Waals surface area contributed by atoms with E-state index < -0.39 is 5.97 Å². The number of hydrogen-bond donors (Lipinski definition) is 1. The van der Waals surface area contributed by atoms with Gasteiger partial charge in [-0.15, -0.1) is 0 Å². The Morgan fingerprint density at radius 3 is 2.68 bits per heavy atom. The van der Waals surface area contributed by atoms with E-state index in [2.05, 4.69) is 0 Å². The molecule has 102 valence electrons. The molecule has 1 aromatic heterocycles. The molecule has 1 aromatic rings. The van der Waals surface area contributed by atoms with E-state index in [0.29, 0.717) is 19.7 Å². The molecule has 2 saturated heterocycles. The fraction of sp³-hybridized carbons (Fsp3) is 0.538. The molecule has 2 aliphatic heterocycles. The van der Waals surface area contributed by atoms with Crippen LogP contribution in [-0.4, -0.2) is 48.2 Å². The predicted octanol–water partition coefficient (Wildman–Crippen LogP) is 1.23. The van der Waals surface area contributed by atoms with E-state index in [4.69, 9.17) is 14.3 Å². The summed E-state index contributed by atoms with van der Waals surface area (Å²) in [5, 5.41) is 8.78. The fourth-order valence-corrected chi connectivity index (χ4v) is 2.80. The van der Waals surface area contributed by atoms with Crippen molar-refractivity contribution in [2.45, 2.75) is 12.8 Å². The van der Waals surface area contributed by atoms with Gasteiger partial charge in [0.25, 0.3) is 5.91 Å². The molecule has 6 heteroatoms. The zero-order valence-corrected chi connectivity index (χ0v) is 10.4. The lowest BCUT2D eigenvalue weighted by molar-refractivity contribution is 0.0651. The molecule has 3 rings (SSSR count). The highest BCUT2D eigenvalue weighted by atomic mass is 16.5. The SMILES string of the molecule is O=C(O)c1ccc(C(=O)N2CCC3(CCOC3)C2)o1. The molecule has 1 spiro atoms. The Morgan fingerprint density at radius 2 is 2.05 bits per heavy atom. The second kappa shape index (κ2) is 4.38. The number of carboxylic acids is 1. The highest BCUT2D eigenvalue weighted by molar-refractivity contribution is 5.93. The van der Waals surface area contributed by atoms with Gasteiger partial charge in [0.1, 0.15) is 0 Å². The quantitative estimate of drug-likeness (QED) is 0.870. The minimum atomic E-state index is -1.17. The van der Waals surface area contributed by atoms with E-state index in [1.54, 1.807) is 4.90 Å². The number of likely N-dealkylation sites (tertiary alicyclic amines) is 1. The van der Waals surface area contributed by atoms with Crippen LogP contribution in [0.25, 0.3) is 0 Å². The summed E-state index contributed by atoms with van der Waals surface area (Å²) in [4.78, 5) is 24.7. The Hall–Kier alpha value is -1.82. The normalized spacial score (nSPS) is 26.2. The maximum atomic E-state index is 12.2. The molecule has 1 unspecified atom stereocenters. The van der Waals surface area contributed by atoms with Crippen LogP contribution in [0.15, 0.2) is 16.5 Å². The highest BCUT2D eigenvalue weighted by Crippen LogP contribution is 2.38. The molecule has 1 atom stereocenters. The van der Waals surface area contributed by atoms with Gasteiger partial charge in [-0.05, 0) is 25.0 Å². The van der Waals surface area contributed by atoms with Crippen LogP contribution >= 0.6 is 0 Å². The van der Waals surface area contributed by atoms with Crippen LogP contribution in [0.4, 0.5) is 0 Å². The third kappa shape index (κ3) is 2.12. The number of aromatic carboxylic acids is 1. The van der Waals surface area contributed by atoms with Crippen molar-refractivity contribution in [3.63, 3.8) is 0 Å². The summed E-state index contributed by atoms with van der Waals surface area (Å²) in [5.74, 6) is -1.52. The van der Waals surface area contributed by atoms with Gasteiger partial charge in [-0.25, -0.2) is 4.79 Å². The first-order valence-electron chi connectivity index (χ1n) is 6.30. The van der Waals surface area contributed by atoms with E-state index in [-0.39, 0.29) is 22.8 Å². The topological polar surface area (TPSA) is 80.0 Å². The molecule has 0 aliphatic carbocycles. The van der Waals surface area contributed by atoms with Crippen molar-refractivity contribution in [3.8, 4) is 0 Å². The minimum Gasteiger partial charge on any atom is -0.475 e. The Balaban J connectivity index is 1.72. The first-order valence-corrected chi connectivity index (χ1v) is 6.30. The summed E-state index contributed by atoms with van der Waals surface area (Å²) in [6.07, 6.45) is 1.92. The molecule has 3 heterocycles. The molecule has 1 N–H and O–H groups in total. The van der Waals surface area contributed by atoms with E-state index in [0.717, 1.165) is 19.4 Å². The van der Waals surface area contributed by atoms with Gasteiger partial charge in [-0.2, -0.15) is 0 Å². The van der Waals surface area contributed by atoms with Crippen molar-refractivity contribution in [2.75, 3.05) is 26.3 Å². The molecule has 0 bridgehead atoms. The van der Waals surface area contributed by atoms with Crippen LogP contribution in [0.1, 0.15) is 34.0 Å². The summed E-state index contributed by atoms with van der Waals surface area (Å²) in [6, 6.07) is 2.72. The molecule has 6 nitrogen and oxygen atoms in total. The zero-order valence-electron chi connectivity index (χ0n) is 10.4. The lowest BCUT2D eigenvalue weighted by atomic mass is 9.87. The van der Waals surface area contributed by atoms with E-state index in [1.807, 2.05) is 0 Å². The third-order valence-corrected chi connectivity index (χ3v) is 3.94.